The number of rotatable bonds is 4. The number of nitrogens with zero attached hydrogens (tertiary/aromatic N) is 1. The molecule has 0 aromatic heterocycles. The van der Waals surface area contributed by atoms with E-state index in [1.54, 1.807) is 0 Å². The number of hydrogen-bond donors (Lipinski definition) is 1. The van der Waals surface area contributed by atoms with Crippen LogP contribution in [0.3, 0.4) is 0 Å². The number of nitrogens with one attached hydrogen (secondary N) is 1. The Morgan fingerprint density at radius 1 is 1.23 bits per heavy atom. The third-order valence-corrected chi connectivity index (χ3v) is 5.31. The summed E-state index contributed by atoms with van der Waals surface area (Å²) in [6.45, 7) is 2.70. The molecule has 0 aliphatic carbocycles. The Balaban J connectivity index is 1.60. The summed E-state index contributed by atoms with van der Waals surface area (Å²) >= 11 is 3.44. The van der Waals surface area contributed by atoms with E-state index >= 15 is 0 Å². The average Bonchev–Trinajstić information content (AvgIpc) is 3.14. The van der Waals surface area contributed by atoms with Crippen LogP contribution in [0.4, 0.5) is 10.5 Å². The minimum absolute atomic E-state index is 0.180. The number of carbonyl (C=O) groups is 2. The van der Waals surface area contributed by atoms with Crippen LogP contribution in [0.15, 0.2) is 53.0 Å². The highest BCUT2D eigenvalue weighted by Crippen LogP contribution is 2.23. The predicted molar refractivity (Wildman–Crippen MR) is 104 cm³/mol. The molecule has 2 aromatic rings. The highest BCUT2D eigenvalue weighted by Gasteiger charge is 2.35. The van der Waals surface area contributed by atoms with Gasteiger partial charge < -0.3 is 10.1 Å². The van der Waals surface area contributed by atoms with Crippen molar-refractivity contribution in [1.29, 1.82) is 0 Å². The van der Waals surface area contributed by atoms with Gasteiger partial charge in [-0.25, -0.2) is 4.79 Å². The number of hydrogen-bond acceptors (Lipinski definition) is 3. The topological polar surface area (TPSA) is 58.6 Å². The lowest BCUT2D eigenvalue weighted by atomic mass is 10.2. The zero-order valence-electron chi connectivity index (χ0n) is 14.6. The highest BCUT2D eigenvalue weighted by molar-refractivity contribution is 9.10. The first kappa shape index (κ1) is 18.5. The lowest BCUT2D eigenvalue weighted by Gasteiger charge is -2.23. The van der Waals surface area contributed by atoms with Crippen molar-refractivity contribution in [1.82, 2.24) is 4.90 Å². The first-order valence-electron chi connectivity index (χ1n) is 8.59. The Morgan fingerprint density at radius 2 is 2.00 bits per heavy atom. The molecular weight excluding hydrogens is 396 g/mol. The Labute approximate surface area is 161 Å². The van der Waals surface area contributed by atoms with Crippen LogP contribution < -0.4 is 5.32 Å². The van der Waals surface area contributed by atoms with Crippen LogP contribution in [0.25, 0.3) is 0 Å². The van der Waals surface area contributed by atoms with Gasteiger partial charge in [-0.2, -0.15) is 0 Å². The summed E-state index contributed by atoms with van der Waals surface area (Å²) in [6, 6.07) is 14.6. The minimum Gasteiger partial charge on any atom is -0.445 e. The van der Waals surface area contributed by atoms with Crippen LogP contribution >= 0.6 is 15.9 Å². The first-order chi connectivity index (χ1) is 12.5. The zero-order chi connectivity index (χ0) is 18.5. The second-order valence-corrected chi connectivity index (χ2v) is 7.20. The summed E-state index contributed by atoms with van der Waals surface area (Å²) in [5, 5.41) is 2.90. The number of ether oxygens (including phenoxy) is 1. The summed E-state index contributed by atoms with van der Waals surface area (Å²) in [5.74, 6) is -0.180. The van der Waals surface area contributed by atoms with E-state index in [2.05, 4.69) is 21.2 Å². The molecule has 2 amide bonds. The summed E-state index contributed by atoms with van der Waals surface area (Å²) in [7, 11) is 0. The Kier molecular flexibility index (Phi) is 5.93. The molecule has 0 bridgehead atoms. The van der Waals surface area contributed by atoms with Crippen molar-refractivity contribution in [2.24, 2.45) is 0 Å². The van der Waals surface area contributed by atoms with Crippen LogP contribution in [0.5, 0.6) is 0 Å². The van der Waals surface area contributed by atoms with Crippen molar-refractivity contribution in [2.75, 3.05) is 11.9 Å². The summed E-state index contributed by atoms with van der Waals surface area (Å²) in [6.07, 6.45) is 0.984. The number of anilines is 1. The molecule has 1 N–H and O–H groups in total. The molecule has 26 heavy (non-hydrogen) atoms. The van der Waals surface area contributed by atoms with E-state index in [0.717, 1.165) is 27.7 Å². The van der Waals surface area contributed by atoms with Crippen LogP contribution in [0.1, 0.15) is 24.0 Å². The van der Waals surface area contributed by atoms with Crippen molar-refractivity contribution in [2.45, 2.75) is 32.4 Å². The molecule has 1 heterocycles. The lowest BCUT2D eigenvalue weighted by Crippen LogP contribution is -2.43. The molecule has 0 unspecified atom stereocenters. The standard InChI is InChI=1S/C20H21BrN2O3/c1-14-12-16(9-10-17(14)21)22-19(24)18-8-5-11-23(18)20(25)26-13-15-6-3-2-4-7-15/h2-4,6-7,9-10,12,18H,5,8,11,13H2,1H3,(H,22,24)/t18-/m1/s1. The van der Waals surface area contributed by atoms with Crippen LogP contribution in [-0.4, -0.2) is 29.5 Å². The fraction of sp³-hybridized carbons (Fsp3) is 0.300. The van der Waals surface area contributed by atoms with Gasteiger partial charge in [0.2, 0.25) is 5.91 Å². The fourth-order valence-electron chi connectivity index (χ4n) is 3.01. The smallest absolute Gasteiger partial charge is 0.410 e. The van der Waals surface area contributed by atoms with E-state index in [1.165, 1.54) is 4.90 Å². The van der Waals surface area contributed by atoms with Crippen LogP contribution in [0, 0.1) is 6.92 Å². The summed E-state index contributed by atoms with van der Waals surface area (Å²) in [5.41, 5.74) is 2.68. The van der Waals surface area contributed by atoms with E-state index in [0.29, 0.717) is 13.0 Å². The molecule has 1 aliphatic heterocycles. The van der Waals surface area contributed by atoms with Gasteiger partial charge in [0.05, 0.1) is 0 Å². The maximum atomic E-state index is 12.6. The quantitative estimate of drug-likeness (QED) is 0.797. The van der Waals surface area contributed by atoms with Crippen LogP contribution in [-0.2, 0) is 16.1 Å². The number of aryl methyl sites for hydroxylation is 1. The zero-order valence-corrected chi connectivity index (χ0v) is 16.2. The summed E-state index contributed by atoms with van der Waals surface area (Å²) in [4.78, 5) is 26.5. The Hall–Kier alpha value is -2.34. The van der Waals surface area contributed by atoms with Gasteiger partial charge in [0, 0.05) is 16.7 Å². The number of benzene rings is 2. The molecule has 1 aliphatic rings. The Bertz CT molecular complexity index is 795. The SMILES string of the molecule is Cc1cc(NC(=O)[C@H]2CCCN2C(=O)OCc2ccccc2)ccc1Br. The van der Waals surface area contributed by atoms with E-state index in [9.17, 15) is 9.59 Å². The molecular formula is C20H21BrN2O3. The number of halogens is 1. The van der Waals surface area contributed by atoms with Gasteiger partial charge in [0.1, 0.15) is 12.6 Å². The maximum absolute atomic E-state index is 12.6. The minimum atomic E-state index is -0.498. The monoisotopic (exact) mass is 416 g/mol. The second-order valence-electron chi connectivity index (χ2n) is 6.34. The van der Waals surface area contributed by atoms with Crippen molar-refractivity contribution in [3.8, 4) is 0 Å². The number of amides is 2. The second kappa shape index (κ2) is 8.36. The normalized spacial score (nSPS) is 16.4. The Morgan fingerprint density at radius 3 is 2.73 bits per heavy atom. The van der Waals surface area contributed by atoms with Crippen molar-refractivity contribution in [3.05, 3.63) is 64.1 Å². The molecule has 0 radical (unpaired) electrons. The van der Waals surface area contributed by atoms with Crippen molar-refractivity contribution < 1.29 is 14.3 Å². The largest absolute Gasteiger partial charge is 0.445 e. The summed E-state index contributed by atoms with van der Waals surface area (Å²) < 4.78 is 6.37. The number of likely N-dealkylation sites (tertiary alicyclic amines) is 1. The molecule has 0 saturated carbocycles. The van der Waals surface area contributed by atoms with E-state index in [-0.39, 0.29) is 12.5 Å². The maximum Gasteiger partial charge on any atom is 0.410 e. The molecule has 1 atom stereocenters. The van der Waals surface area contributed by atoms with Crippen molar-refractivity contribution in [3.63, 3.8) is 0 Å². The predicted octanol–water partition coefficient (Wildman–Crippen LogP) is 4.50. The molecule has 136 valence electrons. The van der Waals surface area contributed by atoms with Gasteiger partial charge in [-0.15, -0.1) is 0 Å². The highest BCUT2D eigenvalue weighted by atomic mass is 79.9. The third-order valence-electron chi connectivity index (χ3n) is 4.42. The fourth-order valence-corrected chi connectivity index (χ4v) is 3.25. The van der Waals surface area contributed by atoms with E-state index < -0.39 is 12.1 Å². The molecule has 5 nitrogen and oxygen atoms in total. The van der Waals surface area contributed by atoms with E-state index in [1.807, 2.05) is 55.5 Å². The third kappa shape index (κ3) is 4.43. The van der Waals surface area contributed by atoms with Gasteiger partial charge in [-0.3, -0.25) is 9.69 Å². The molecule has 6 heteroatoms. The average molecular weight is 417 g/mol. The van der Waals surface area contributed by atoms with Crippen LogP contribution in [0.2, 0.25) is 0 Å². The van der Waals surface area contributed by atoms with Gasteiger partial charge in [-0.05, 0) is 49.1 Å². The molecule has 0 spiro atoms. The van der Waals surface area contributed by atoms with E-state index in [4.69, 9.17) is 4.74 Å². The lowest BCUT2D eigenvalue weighted by molar-refractivity contribution is -0.120. The van der Waals surface area contributed by atoms with Gasteiger partial charge in [0.15, 0.2) is 0 Å². The first-order valence-corrected chi connectivity index (χ1v) is 9.38. The van der Waals surface area contributed by atoms with Gasteiger partial charge in [-0.1, -0.05) is 46.3 Å². The molecule has 3 rings (SSSR count). The molecule has 1 fully saturated rings. The van der Waals surface area contributed by atoms with Gasteiger partial charge in [0.25, 0.3) is 0 Å². The van der Waals surface area contributed by atoms with Crippen molar-refractivity contribution >= 4 is 33.6 Å². The molecule has 1 saturated heterocycles. The molecule has 2 aromatic carbocycles. The number of carbonyl (C=O) groups excluding carboxylic acids is 2. The van der Waals surface area contributed by atoms with Gasteiger partial charge >= 0.3 is 6.09 Å².